The van der Waals surface area contributed by atoms with Crippen molar-refractivity contribution in [3.63, 3.8) is 0 Å². The molecule has 0 spiro atoms. The molecule has 6 nitrogen and oxygen atoms in total. The lowest BCUT2D eigenvalue weighted by Crippen LogP contribution is -2.22. The van der Waals surface area contributed by atoms with E-state index >= 15 is 0 Å². The van der Waals surface area contributed by atoms with Gasteiger partial charge in [-0.3, -0.25) is 4.79 Å². The van der Waals surface area contributed by atoms with E-state index in [0.29, 0.717) is 6.54 Å². The standard InChI is InChI=1S/C22H17F3N2O4/c23-22(24,25)31-21(15-3-1-2-13(8-15)12-26)30-17-4-5-18-16(9-17)10-19-14(11-20(28)29)6-7-27(18)19/h1-5,8-10,14,21H,6-7,11H2,(H,28,29)/t14?,21-/m0/s1. The van der Waals surface area contributed by atoms with Gasteiger partial charge in [-0.05, 0) is 42.8 Å². The number of nitrogens with zero attached hydrogens (tertiary/aromatic N) is 2. The van der Waals surface area contributed by atoms with E-state index in [9.17, 15) is 18.0 Å². The van der Waals surface area contributed by atoms with Crippen molar-refractivity contribution in [2.75, 3.05) is 0 Å². The summed E-state index contributed by atoms with van der Waals surface area (Å²) in [4.78, 5) is 11.1. The van der Waals surface area contributed by atoms with Crippen LogP contribution in [-0.4, -0.2) is 22.0 Å². The van der Waals surface area contributed by atoms with Crippen molar-refractivity contribution in [2.45, 2.75) is 38.0 Å². The average molecular weight is 430 g/mol. The molecule has 2 aromatic carbocycles. The Bertz CT molecular complexity index is 1180. The van der Waals surface area contributed by atoms with Gasteiger partial charge < -0.3 is 14.4 Å². The maximum absolute atomic E-state index is 13.0. The molecule has 1 N–H and O–H groups in total. The van der Waals surface area contributed by atoms with Gasteiger partial charge in [-0.15, -0.1) is 13.2 Å². The number of hydrogen-bond acceptors (Lipinski definition) is 4. The first-order valence-corrected chi connectivity index (χ1v) is 9.50. The third kappa shape index (κ3) is 4.49. The lowest BCUT2D eigenvalue weighted by atomic mass is 10.0. The van der Waals surface area contributed by atoms with Gasteiger partial charge in [0.25, 0.3) is 0 Å². The van der Waals surface area contributed by atoms with Crippen molar-refractivity contribution in [3.05, 3.63) is 65.4 Å². The fourth-order valence-electron chi connectivity index (χ4n) is 3.94. The van der Waals surface area contributed by atoms with Crippen LogP contribution in [0.15, 0.2) is 48.5 Å². The first-order chi connectivity index (χ1) is 14.7. The molecule has 0 fully saturated rings. The highest BCUT2D eigenvalue weighted by atomic mass is 19.4. The fourth-order valence-corrected chi connectivity index (χ4v) is 3.94. The first-order valence-electron chi connectivity index (χ1n) is 9.50. The summed E-state index contributed by atoms with van der Waals surface area (Å²) in [6.45, 7) is 0.678. The topological polar surface area (TPSA) is 84.5 Å². The van der Waals surface area contributed by atoms with Gasteiger partial charge in [0.15, 0.2) is 0 Å². The number of carbonyl (C=O) groups is 1. The van der Waals surface area contributed by atoms with Gasteiger partial charge in [0.2, 0.25) is 6.29 Å². The highest BCUT2D eigenvalue weighted by molar-refractivity contribution is 5.83. The molecule has 2 heterocycles. The van der Waals surface area contributed by atoms with Gasteiger partial charge >= 0.3 is 12.3 Å². The molecule has 0 amide bonds. The normalized spacial score (nSPS) is 16.6. The van der Waals surface area contributed by atoms with Crippen LogP contribution in [0.25, 0.3) is 10.9 Å². The Kier molecular flexibility index (Phi) is 5.33. The maximum atomic E-state index is 13.0. The molecule has 0 saturated heterocycles. The number of nitriles is 1. The minimum atomic E-state index is -4.95. The largest absolute Gasteiger partial charge is 0.525 e. The van der Waals surface area contributed by atoms with Crippen LogP contribution in [0.1, 0.15) is 41.9 Å². The van der Waals surface area contributed by atoms with Crippen molar-refractivity contribution >= 4 is 16.9 Å². The zero-order chi connectivity index (χ0) is 22.2. The van der Waals surface area contributed by atoms with Gasteiger partial charge in [-0.1, -0.05) is 12.1 Å². The molecule has 4 rings (SSSR count). The second kappa shape index (κ2) is 7.96. The van der Waals surface area contributed by atoms with E-state index < -0.39 is 18.6 Å². The fraction of sp³-hybridized carbons (Fsp3) is 0.273. The van der Waals surface area contributed by atoms with Gasteiger partial charge in [-0.2, -0.15) is 5.26 Å². The smallest absolute Gasteiger partial charge is 0.481 e. The Labute approximate surface area is 175 Å². The van der Waals surface area contributed by atoms with Crippen molar-refractivity contribution < 1.29 is 32.5 Å². The number of carboxylic acids is 1. The zero-order valence-corrected chi connectivity index (χ0v) is 16.1. The van der Waals surface area contributed by atoms with Crippen LogP contribution in [0.4, 0.5) is 13.2 Å². The van der Waals surface area contributed by atoms with Crippen molar-refractivity contribution in [1.82, 2.24) is 4.57 Å². The van der Waals surface area contributed by atoms with Crippen molar-refractivity contribution in [1.29, 1.82) is 5.26 Å². The molecule has 31 heavy (non-hydrogen) atoms. The van der Waals surface area contributed by atoms with Crippen LogP contribution in [0.5, 0.6) is 5.75 Å². The second-order valence-electron chi connectivity index (χ2n) is 7.28. The molecule has 0 bridgehead atoms. The molecule has 2 atom stereocenters. The molecular weight excluding hydrogens is 413 g/mol. The zero-order valence-electron chi connectivity index (χ0n) is 16.1. The molecule has 0 radical (unpaired) electrons. The molecule has 3 aromatic rings. The summed E-state index contributed by atoms with van der Waals surface area (Å²) in [5, 5.41) is 18.9. The van der Waals surface area contributed by atoms with Gasteiger partial charge in [0, 0.05) is 34.6 Å². The summed E-state index contributed by atoms with van der Waals surface area (Å²) >= 11 is 0. The summed E-state index contributed by atoms with van der Waals surface area (Å²) < 4.78 is 50.6. The Morgan fingerprint density at radius 2 is 2.06 bits per heavy atom. The number of aliphatic carboxylic acids is 1. The minimum absolute atomic E-state index is 0.0242. The second-order valence-corrected chi connectivity index (χ2v) is 7.28. The van der Waals surface area contributed by atoms with E-state index in [1.165, 1.54) is 24.3 Å². The minimum Gasteiger partial charge on any atom is -0.481 e. The number of aromatic nitrogens is 1. The van der Waals surface area contributed by atoms with Gasteiger partial charge in [-0.25, -0.2) is 4.74 Å². The highest BCUT2D eigenvalue weighted by Crippen LogP contribution is 2.38. The lowest BCUT2D eigenvalue weighted by molar-refractivity contribution is -0.370. The number of aryl methyl sites for hydroxylation is 1. The van der Waals surface area contributed by atoms with Crippen molar-refractivity contribution in [3.8, 4) is 11.8 Å². The van der Waals surface area contributed by atoms with Crippen molar-refractivity contribution in [2.24, 2.45) is 0 Å². The van der Waals surface area contributed by atoms with Gasteiger partial charge in [0.05, 0.1) is 18.1 Å². The van der Waals surface area contributed by atoms with E-state index in [4.69, 9.17) is 15.1 Å². The lowest BCUT2D eigenvalue weighted by Gasteiger charge is -2.21. The van der Waals surface area contributed by atoms with Crippen LogP contribution >= 0.6 is 0 Å². The number of carboxylic acid groups (broad SMARTS) is 1. The number of halogens is 3. The Balaban J connectivity index is 1.65. The average Bonchev–Trinajstić information content (AvgIpc) is 3.25. The van der Waals surface area contributed by atoms with Crippen LogP contribution < -0.4 is 4.74 Å². The number of hydrogen-bond donors (Lipinski definition) is 1. The highest BCUT2D eigenvalue weighted by Gasteiger charge is 2.36. The predicted octanol–water partition coefficient (Wildman–Crippen LogP) is 5.09. The molecule has 0 saturated carbocycles. The van der Waals surface area contributed by atoms with E-state index in [1.807, 2.05) is 16.7 Å². The Morgan fingerprint density at radius 3 is 2.77 bits per heavy atom. The maximum Gasteiger partial charge on any atom is 0.525 e. The summed E-state index contributed by atoms with van der Waals surface area (Å²) in [6.07, 6.45) is -5.98. The molecule has 1 aromatic heterocycles. The van der Waals surface area contributed by atoms with Crippen LogP contribution in [0.3, 0.4) is 0 Å². The van der Waals surface area contributed by atoms with Crippen LogP contribution in [0, 0.1) is 11.3 Å². The molecule has 1 unspecified atom stereocenters. The summed E-state index contributed by atoms with van der Waals surface area (Å²) in [7, 11) is 0. The van der Waals surface area contributed by atoms with Gasteiger partial charge in [0.1, 0.15) is 5.75 Å². The van der Waals surface area contributed by atoms with Crippen LogP contribution in [0.2, 0.25) is 0 Å². The number of alkyl halides is 3. The summed E-state index contributed by atoms with van der Waals surface area (Å²) in [5.41, 5.74) is 1.98. The molecule has 1 aliphatic rings. The number of ether oxygens (including phenoxy) is 2. The quantitative estimate of drug-likeness (QED) is 0.551. The molecule has 9 heteroatoms. The third-order valence-electron chi connectivity index (χ3n) is 5.22. The van der Waals surface area contributed by atoms with E-state index in [1.54, 1.807) is 18.2 Å². The Hall–Kier alpha value is -3.51. The summed E-state index contributed by atoms with van der Waals surface area (Å²) in [5.74, 6) is -0.827. The molecule has 1 aliphatic heterocycles. The Morgan fingerprint density at radius 1 is 1.26 bits per heavy atom. The predicted molar refractivity (Wildman–Crippen MR) is 103 cm³/mol. The number of fused-ring (bicyclic) bond motifs is 3. The molecular formula is C22H17F3N2O4. The number of rotatable bonds is 6. The molecule has 160 valence electrons. The van der Waals surface area contributed by atoms with E-state index in [2.05, 4.69) is 4.74 Å². The SMILES string of the molecule is N#Cc1cccc([C@@H](Oc2ccc3c(c2)cc2n3CCC2CC(=O)O)OC(F)(F)F)c1. The molecule has 0 aliphatic carbocycles. The summed E-state index contributed by atoms with van der Waals surface area (Å²) in [6, 6.07) is 14.2. The van der Waals surface area contributed by atoms with E-state index in [0.717, 1.165) is 23.0 Å². The first kappa shape index (κ1) is 20.8. The third-order valence-corrected chi connectivity index (χ3v) is 5.22. The van der Waals surface area contributed by atoms with Crippen LogP contribution in [-0.2, 0) is 16.1 Å². The number of benzene rings is 2. The monoisotopic (exact) mass is 430 g/mol. The van der Waals surface area contributed by atoms with E-state index in [-0.39, 0.29) is 29.2 Å².